The van der Waals surface area contributed by atoms with E-state index in [0.29, 0.717) is 25.3 Å². The zero-order chi connectivity index (χ0) is 38.4. The summed E-state index contributed by atoms with van der Waals surface area (Å²) in [6.07, 6.45) is 11.6. The van der Waals surface area contributed by atoms with E-state index >= 15 is 0 Å². The van der Waals surface area contributed by atoms with Crippen LogP contribution in [0, 0.1) is 40.9 Å². The van der Waals surface area contributed by atoms with E-state index < -0.39 is 12.1 Å². The Kier molecular flexibility index (Phi) is 13.2. The second-order valence-corrected chi connectivity index (χ2v) is 16.6. The minimum absolute atomic E-state index is 0.0136. The molecular formula is C44H64N6O2. The number of carbonyl (C=O) groups is 2. The highest BCUT2D eigenvalue weighted by Gasteiger charge is 2.69. The van der Waals surface area contributed by atoms with Gasteiger partial charge in [0.1, 0.15) is 6.04 Å². The normalized spacial score (nSPS) is 21.6. The SMILES string of the molecule is C#CCCC(NC(=O)C1[C@@H]2[C@H](CN1C(=C)C(NC(=C)NC(CCC(=C)NCC)C(C)(C)C)C1Cc3ccccc3C1)C2(C)C)C(=C)C(=O)NCC=C. The van der Waals surface area contributed by atoms with Crippen molar-refractivity contribution in [3.05, 3.63) is 97.2 Å². The largest absolute Gasteiger partial charge is 0.389 e. The van der Waals surface area contributed by atoms with E-state index in [0.717, 1.165) is 56.0 Å². The van der Waals surface area contributed by atoms with Crippen LogP contribution in [0.5, 0.6) is 0 Å². The first-order valence-corrected chi connectivity index (χ1v) is 19.0. The summed E-state index contributed by atoms with van der Waals surface area (Å²) in [6, 6.07) is 7.58. The molecule has 5 N–H and O–H groups in total. The molecule has 1 heterocycles. The van der Waals surface area contributed by atoms with Crippen molar-refractivity contribution in [2.24, 2.45) is 28.6 Å². The fourth-order valence-corrected chi connectivity index (χ4v) is 8.44. The summed E-state index contributed by atoms with van der Waals surface area (Å²) < 4.78 is 0. The van der Waals surface area contributed by atoms with E-state index in [9.17, 15) is 9.59 Å². The third-order valence-electron chi connectivity index (χ3n) is 11.7. The minimum atomic E-state index is -0.593. The third-order valence-corrected chi connectivity index (χ3v) is 11.7. The van der Waals surface area contributed by atoms with Crippen LogP contribution in [0.1, 0.15) is 78.4 Å². The van der Waals surface area contributed by atoms with Gasteiger partial charge in [-0.1, -0.05) is 91.3 Å². The molecule has 1 aromatic carbocycles. The van der Waals surface area contributed by atoms with E-state index in [2.05, 4.69) is 130 Å². The molecule has 0 aromatic heterocycles. The van der Waals surface area contributed by atoms with E-state index in [4.69, 9.17) is 13.0 Å². The van der Waals surface area contributed by atoms with Gasteiger partial charge in [-0.05, 0) is 78.7 Å². The molecule has 8 heteroatoms. The lowest BCUT2D eigenvalue weighted by Crippen LogP contribution is -2.54. The number of amides is 2. The smallest absolute Gasteiger partial charge is 0.248 e. The molecule has 0 bridgehead atoms. The maximum absolute atomic E-state index is 14.5. The van der Waals surface area contributed by atoms with E-state index in [1.807, 2.05) is 0 Å². The molecule has 1 saturated heterocycles. The number of hydrogen-bond acceptors (Lipinski definition) is 6. The summed E-state index contributed by atoms with van der Waals surface area (Å²) in [4.78, 5) is 29.6. The maximum atomic E-state index is 14.5. The summed E-state index contributed by atoms with van der Waals surface area (Å²) in [5.74, 6) is 3.67. The average molecular weight is 709 g/mol. The van der Waals surface area contributed by atoms with Gasteiger partial charge in [0, 0.05) is 49.1 Å². The topological polar surface area (TPSA) is 97.5 Å². The number of hydrogen-bond donors (Lipinski definition) is 5. The van der Waals surface area contributed by atoms with Crippen molar-refractivity contribution in [2.75, 3.05) is 19.6 Å². The van der Waals surface area contributed by atoms with Crippen molar-refractivity contribution in [3.63, 3.8) is 0 Å². The molecule has 4 unspecified atom stereocenters. The number of piperidine rings is 1. The van der Waals surface area contributed by atoms with Gasteiger partial charge in [0.05, 0.1) is 17.9 Å². The highest BCUT2D eigenvalue weighted by atomic mass is 16.2. The number of nitrogens with zero attached hydrogens (tertiary/aromatic N) is 1. The number of allylic oxidation sites excluding steroid dienone is 1. The van der Waals surface area contributed by atoms with Crippen LogP contribution in [0.25, 0.3) is 0 Å². The van der Waals surface area contributed by atoms with Crippen LogP contribution in [0.2, 0.25) is 0 Å². The molecule has 3 aliphatic rings. The Morgan fingerprint density at radius 2 is 1.69 bits per heavy atom. The van der Waals surface area contributed by atoms with Gasteiger partial charge in [-0.25, -0.2) is 0 Å². The highest BCUT2D eigenvalue weighted by Crippen LogP contribution is 2.65. The number of likely N-dealkylation sites (tertiary alicyclic amines) is 1. The van der Waals surface area contributed by atoms with Crippen LogP contribution >= 0.6 is 0 Å². The Morgan fingerprint density at radius 3 is 2.27 bits per heavy atom. The average Bonchev–Trinajstić information content (AvgIpc) is 3.44. The highest BCUT2D eigenvalue weighted by molar-refractivity contribution is 5.95. The van der Waals surface area contributed by atoms with Gasteiger partial charge in [-0.3, -0.25) is 9.59 Å². The predicted octanol–water partition coefficient (Wildman–Crippen LogP) is 5.97. The van der Waals surface area contributed by atoms with Crippen LogP contribution < -0.4 is 26.6 Å². The van der Waals surface area contributed by atoms with Gasteiger partial charge in [0.2, 0.25) is 11.8 Å². The van der Waals surface area contributed by atoms with Crippen LogP contribution in [-0.4, -0.2) is 60.5 Å². The number of benzene rings is 1. The summed E-state index contributed by atoms with van der Waals surface area (Å²) in [7, 11) is 0. The Balaban J connectivity index is 1.60. The standard InChI is InChI=1S/C44H64N6O2/c1-13-16-21-36(29(5)41(51)46-24-14-2)49-42(52)40-38-35(44(38,11)12)27-50(40)30(6)39(34-25-32-19-17-18-20-33(32)26-34)48-31(7)47-37(43(8,9)10)23-22-28(4)45-15-3/h1,14,17-20,34-40,45,47-48H,2,4-7,15-16,21-27H2,3,8-12H3,(H,46,51)(H,49,52)/t35-,36?,37?,38-,39?,40?/m0/s1. The summed E-state index contributed by atoms with van der Waals surface area (Å²) in [5.41, 5.74) is 4.90. The van der Waals surface area contributed by atoms with Crippen molar-refractivity contribution in [1.29, 1.82) is 0 Å². The molecule has 4 rings (SSSR count). The lowest BCUT2D eigenvalue weighted by molar-refractivity contribution is -0.127. The Labute approximate surface area is 314 Å². The fourth-order valence-electron chi connectivity index (χ4n) is 8.44. The monoisotopic (exact) mass is 709 g/mol. The second-order valence-electron chi connectivity index (χ2n) is 16.6. The molecule has 282 valence electrons. The van der Waals surface area contributed by atoms with Gasteiger partial charge in [-0.2, -0.15) is 0 Å². The molecule has 2 fully saturated rings. The summed E-state index contributed by atoms with van der Waals surface area (Å²) in [6.45, 7) is 36.4. The zero-order valence-electron chi connectivity index (χ0n) is 32.7. The number of fused-ring (bicyclic) bond motifs is 2. The van der Waals surface area contributed by atoms with Gasteiger partial charge in [-0.15, -0.1) is 18.9 Å². The lowest BCUT2D eigenvalue weighted by Gasteiger charge is -2.40. The Bertz CT molecular complexity index is 1550. The molecule has 6 atom stereocenters. The molecule has 2 aliphatic carbocycles. The van der Waals surface area contributed by atoms with Gasteiger partial charge in [0.15, 0.2) is 0 Å². The molecule has 1 aromatic rings. The van der Waals surface area contributed by atoms with Crippen molar-refractivity contribution in [2.45, 2.75) is 104 Å². The van der Waals surface area contributed by atoms with Gasteiger partial charge >= 0.3 is 0 Å². The van der Waals surface area contributed by atoms with Crippen LogP contribution in [0.15, 0.2) is 86.0 Å². The molecule has 1 saturated carbocycles. The number of terminal acetylenes is 1. The zero-order valence-corrected chi connectivity index (χ0v) is 32.7. The first kappa shape index (κ1) is 40.4. The Morgan fingerprint density at radius 1 is 1.04 bits per heavy atom. The molecule has 52 heavy (non-hydrogen) atoms. The van der Waals surface area contributed by atoms with E-state index in [1.54, 1.807) is 6.08 Å². The van der Waals surface area contributed by atoms with Crippen LogP contribution in [0.3, 0.4) is 0 Å². The van der Waals surface area contributed by atoms with Crippen molar-refractivity contribution in [1.82, 2.24) is 31.5 Å². The molecule has 8 nitrogen and oxygen atoms in total. The van der Waals surface area contributed by atoms with Crippen molar-refractivity contribution >= 4 is 11.8 Å². The first-order valence-electron chi connectivity index (χ1n) is 19.0. The number of rotatable bonds is 20. The number of nitrogens with one attached hydrogen (secondary N) is 5. The van der Waals surface area contributed by atoms with Gasteiger partial charge in [0.25, 0.3) is 0 Å². The molecular weight excluding hydrogens is 645 g/mol. The van der Waals surface area contributed by atoms with Crippen LogP contribution in [-0.2, 0) is 22.4 Å². The second kappa shape index (κ2) is 17.0. The Hall–Kier alpha value is -4.38. The predicted molar refractivity (Wildman–Crippen MR) is 215 cm³/mol. The molecule has 0 radical (unpaired) electrons. The quantitative estimate of drug-likeness (QED) is 0.0652. The van der Waals surface area contributed by atoms with Crippen molar-refractivity contribution < 1.29 is 9.59 Å². The van der Waals surface area contributed by atoms with Crippen LogP contribution in [0.4, 0.5) is 0 Å². The summed E-state index contributed by atoms with van der Waals surface area (Å²) in [5, 5.41) is 16.9. The third kappa shape index (κ3) is 9.34. The fraction of sp³-hybridized carbons (Fsp3) is 0.545. The first-order chi connectivity index (χ1) is 24.5. The summed E-state index contributed by atoms with van der Waals surface area (Å²) >= 11 is 0. The number of carbonyl (C=O) groups excluding carboxylic acids is 2. The molecule has 0 spiro atoms. The molecule has 2 amide bonds. The van der Waals surface area contributed by atoms with Gasteiger partial charge < -0.3 is 31.5 Å². The molecule has 1 aliphatic heterocycles. The minimum Gasteiger partial charge on any atom is -0.389 e. The van der Waals surface area contributed by atoms with Crippen molar-refractivity contribution in [3.8, 4) is 12.3 Å². The maximum Gasteiger partial charge on any atom is 0.248 e. The van der Waals surface area contributed by atoms with E-state index in [-0.39, 0.29) is 52.1 Å². The van der Waals surface area contributed by atoms with E-state index in [1.165, 1.54) is 11.1 Å². The lowest BCUT2D eigenvalue weighted by atomic mass is 9.83.